The zero-order valence-corrected chi connectivity index (χ0v) is 17.7. The number of phenols is 1. The Balaban J connectivity index is 1.66. The quantitative estimate of drug-likeness (QED) is 0.441. The Hall–Kier alpha value is -4.26. The van der Waals surface area contributed by atoms with Crippen LogP contribution < -0.4 is 15.4 Å². The number of ether oxygens (including phenoxy) is 1. The lowest BCUT2D eigenvalue weighted by molar-refractivity contribution is -0.113. The van der Waals surface area contributed by atoms with Gasteiger partial charge in [-0.15, -0.1) is 0 Å². The molecule has 0 radical (unpaired) electrons. The molecule has 7 heteroatoms. The van der Waals surface area contributed by atoms with E-state index in [2.05, 4.69) is 10.6 Å². The van der Waals surface area contributed by atoms with Crippen molar-refractivity contribution in [3.8, 4) is 11.5 Å². The Bertz CT molecular complexity index is 1360. The van der Waals surface area contributed by atoms with E-state index in [-0.39, 0.29) is 11.7 Å². The van der Waals surface area contributed by atoms with Gasteiger partial charge in [0, 0.05) is 5.70 Å². The van der Waals surface area contributed by atoms with Gasteiger partial charge >= 0.3 is 0 Å². The summed E-state index contributed by atoms with van der Waals surface area (Å²) in [5.41, 5.74) is 4.45. The van der Waals surface area contributed by atoms with E-state index in [4.69, 9.17) is 9.72 Å². The molecule has 1 atom stereocenters. The number of rotatable bonds is 4. The van der Waals surface area contributed by atoms with Crippen molar-refractivity contribution in [2.75, 3.05) is 17.7 Å². The molecule has 3 N–H and O–H groups in total. The molecule has 1 aromatic heterocycles. The van der Waals surface area contributed by atoms with Crippen LogP contribution in [0.15, 0.2) is 84.1 Å². The fourth-order valence-corrected chi connectivity index (χ4v) is 4.17. The van der Waals surface area contributed by atoms with Crippen LogP contribution in [0.25, 0.3) is 11.0 Å². The predicted molar refractivity (Wildman–Crippen MR) is 124 cm³/mol. The average molecular weight is 426 g/mol. The van der Waals surface area contributed by atoms with Crippen molar-refractivity contribution >= 4 is 28.6 Å². The third kappa shape index (κ3) is 3.24. The van der Waals surface area contributed by atoms with Crippen molar-refractivity contribution in [2.24, 2.45) is 0 Å². The number of hydrogen-bond acceptors (Lipinski definition) is 5. The van der Waals surface area contributed by atoms with Gasteiger partial charge in [-0.25, -0.2) is 4.98 Å². The first-order valence-electron chi connectivity index (χ1n) is 10.2. The zero-order valence-electron chi connectivity index (χ0n) is 17.7. The van der Waals surface area contributed by atoms with E-state index in [1.54, 1.807) is 31.4 Å². The second-order valence-electron chi connectivity index (χ2n) is 7.61. The van der Waals surface area contributed by atoms with Gasteiger partial charge in [-0.05, 0) is 48.9 Å². The van der Waals surface area contributed by atoms with Gasteiger partial charge in [0.05, 0.1) is 35.4 Å². The van der Waals surface area contributed by atoms with Gasteiger partial charge in [-0.3, -0.25) is 9.36 Å². The Morgan fingerprint density at radius 3 is 2.56 bits per heavy atom. The van der Waals surface area contributed by atoms with Crippen LogP contribution in [0.4, 0.5) is 11.6 Å². The standard InChI is InChI=1S/C25H22N4O3/c1-15-22(24(31)27-19-8-4-6-10-21(19)32-2)23(16-11-13-17(30)14-12-16)29-20-9-5-3-7-18(20)28-25(29)26-15/h3-14,23,30H,1-2H3,(H,26,28)(H,27,31)/t23-/m0/s1. The lowest BCUT2D eigenvalue weighted by Gasteiger charge is -2.31. The lowest BCUT2D eigenvalue weighted by Crippen LogP contribution is -2.31. The van der Waals surface area contributed by atoms with Crippen LogP contribution in [-0.2, 0) is 4.79 Å². The Labute approximate surface area is 185 Å². The Morgan fingerprint density at radius 1 is 1.06 bits per heavy atom. The second kappa shape index (κ2) is 7.77. The molecule has 0 fully saturated rings. The molecule has 0 saturated carbocycles. The number of anilines is 2. The number of methoxy groups -OCH3 is 1. The molecule has 0 spiro atoms. The van der Waals surface area contributed by atoms with Gasteiger partial charge in [0.25, 0.3) is 5.91 Å². The number of aromatic nitrogens is 2. The van der Waals surface area contributed by atoms with Gasteiger partial charge in [0.2, 0.25) is 5.95 Å². The number of carbonyl (C=O) groups excluding carboxylic acids is 1. The highest BCUT2D eigenvalue weighted by Crippen LogP contribution is 2.40. The molecule has 3 aromatic carbocycles. The number of para-hydroxylation sites is 4. The lowest BCUT2D eigenvalue weighted by atomic mass is 9.94. The molecule has 5 rings (SSSR count). The molecule has 0 bridgehead atoms. The van der Waals surface area contributed by atoms with E-state index in [0.29, 0.717) is 28.7 Å². The SMILES string of the molecule is COc1ccccc1NC(=O)C1=C(C)Nc2nc3ccccc3n2[C@H]1c1ccc(O)cc1. The molecular weight excluding hydrogens is 404 g/mol. The van der Waals surface area contributed by atoms with Crippen LogP contribution >= 0.6 is 0 Å². The number of amides is 1. The fourth-order valence-electron chi connectivity index (χ4n) is 4.17. The maximum absolute atomic E-state index is 13.6. The molecule has 1 aliphatic rings. The van der Waals surface area contributed by atoms with Crippen molar-refractivity contribution < 1.29 is 14.6 Å². The topological polar surface area (TPSA) is 88.4 Å². The number of hydrogen-bond donors (Lipinski definition) is 3. The molecule has 0 saturated heterocycles. The van der Waals surface area contributed by atoms with E-state index < -0.39 is 6.04 Å². The molecule has 1 amide bonds. The van der Waals surface area contributed by atoms with E-state index in [9.17, 15) is 9.90 Å². The number of phenolic OH excluding ortho intramolecular Hbond substituents is 1. The normalized spacial score (nSPS) is 15.2. The average Bonchev–Trinajstić information content (AvgIpc) is 3.17. The van der Waals surface area contributed by atoms with Gasteiger partial charge in [-0.2, -0.15) is 0 Å². The highest BCUT2D eigenvalue weighted by atomic mass is 16.5. The van der Waals surface area contributed by atoms with Crippen molar-refractivity contribution in [1.29, 1.82) is 0 Å². The zero-order chi connectivity index (χ0) is 22.2. The van der Waals surface area contributed by atoms with Crippen molar-refractivity contribution in [3.05, 3.63) is 89.6 Å². The van der Waals surface area contributed by atoms with Crippen LogP contribution in [0.5, 0.6) is 11.5 Å². The predicted octanol–water partition coefficient (Wildman–Crippen LogP) is 4.68. The Morgan fingerprint density at radius 2 is 1.78 bits per heavy atom. The molecule has 32 heavy (non-hydrogen) atoms. The van der Waals surface area contributed by atoms with Crippen molar-refractivity contribution in [1.82, 2.24) is 9.55 Å². The number of imidazole rings is 1. The summed E-state index contributed by atoms with van der Waals surface area (Å²) in [5, 5.41) is 16.1. The maximum atomic E-state index is 13.6. The van der Waals surface area contributed by atoms with E-state index in [1.165, 1.54) is 0 Å². The molecule has 160 valence electrons. The summed E-state index contributed by atoms with van der Waals surface area (Å²) in [6.45, 7) is 1.87. The van der Waals surface area contributed by atoms with Crippen LogP contribution in [0, 0.1) is 0 Å². The van der Waals surface area contributed by atoms with Crippen LogP contribution in [-0.4, -0.2) is 27.7 Å². The number of nitrogens with zero attached hydrogens (tertiary/aromatic N) is 2. The van der Waals surface area contributed by atoms with Gasteiger partial charge in [0.15, 0.2) is 0 Å². The molecule has 4 aromatic rings. The summed E-state index contributed by atoms with van der Waals surface area (Å²) in [6.07, 6.45) is 0. The first-order valence-corrected chi connectivity index (χ1v) is 10.2. The first kappa shape index (κ1) is 19.7. The summed E-state index contributed by atoms with van der Waals surface area (Å²) >= 11 is 0. The molecular formula is C25H22N4O3. The number of benzene rings is 3. The number of aromatic hydroxyl groups is 1. The Kier molecular flexibility index (Phi) is 4.78. The van der Waals surface area contributed by atoms with Crippen LogP contribution in [0.1, 0.15) is 18.5 Å². The molecule has 1 aliphatic heterocycles. The van der Waals surface area contributed by atoms with Crippen LogP contribution in [0.2, 0.25) is 0 Å². The number of nitrogens with one attached hydrogen (secondary N) is 2. The van der Waals surface area contributed by atoms with Crippen LogP contribution in [0.3, 0.4) is 0 Å². The minimum Gasteiger partial charge on any atom is -0.508 e. The maximum Gasteiger partial charge on any atom is 0.255 e. The highest BCUT2D eigenvalue weighted by molar-refractivity contribution is 6.07. The minimum absolute atomic E-state index is 0.166. The molecule has 0 aliphatic carbocycles. The van der Waals surface area contributed by atoms with Crippen molar-refractivity contribution in [3.63, 3.8) is 0 Å². The van der Waals surface area contributed by atoms with Gasteiger partial charge < -0.3 is 20.5 Å². The third-order valence-corrected chi connectivity index (χ3v) is 5.64. The number of fused-ring (bicyclic) bond motifs is 3. The third-order valence-electron chi connectivity index (χ3n) is 5.64. The van der Waals surface area contributed by atoms with E-state index in [1.807, 2.05) is 60.0 Å². The summed E-state index contributed by atoms with van der Waals surface area (Å²) in [6, 6.07) is 21.6. The summed E-state index contributed by atoms with van der Waals surface area (Å²) < 4.78 is 7.42. The van der Waals surface area contributed by atoms with Gasteiger partial charge in [-0.1, -0.05) is 36.4 Å². The highest BCUT2D eigenvalue weighted by Gasteiger charge is 2.34. The number of carbonyl (C=O) groups is 1. The minimum atomic E-state index is -0.436. The largest absolute Gasteiger partial charge is 0.508 e. The summed E-state index contributed by atoms with van der Waals surface area (Å²) in [5.74, 6) is 1.16. The monoisotopic (exact) mass is 426 g/mol. The summed E-state index contributed by atoms with van der Waals surface area (Å²) in [4.78, 5) is 18.3. The molecule has 0 unspecified atom stereocenters. The number of allylic oxidation sites excluding steroid dienone is 1. The summed E-state index contributed by atoms with van der Waals surface area (Å²) in [7, 11) is 1.57. The second-order valence-corrected chi connectivity index (χ2v) is 7.61. The van der Waals surface area contributed by atoms with E-state index >= 15 is 0 Å². The van der Waals surface area contributed by atoms with Gasteiger partial charge in [0.1, 0.15) is 11.5 Å². The van der Waals surface area contributed by atoms with Crippen molar-refractivity contribution in [2.45, 2.75) is 13.0 Å². The molecule has 7 nitrogen and oxygen atoms in total. The van der Waals surface area contributed by atoms with E-state index in [0.717, 1.165) is 16.6 Å². The fraction of sp³-hybridized carbons (Fsp3) is 0.120. The smallest absolute Gasteiger partial charge is 0.255 e. The molecule has 2 heterocycles. The first-order chi connectivity index (χ1) is 15.6.